The summed E-state index contributed by atoms with van der Waals surface area (Å²) < 4.78 is 28.2. The first-order chi connectivity index (χ1) is 15.3. The smallest absolute Gasteiger partial charge is 0.239 e. The van der Waals surface area contributed by atoms with E-state index in [2.05, 4.69) is 25.8 Å². The predicted molar refractivity (Wildman–Crippen MR) is 120 cm³/mol. The third-order valence-corrected chi connectivity index (χ3v) is 6.41. The van der Waals surface area contributed by atoms with E-state index in [1.165, 1.54) is 29.2 Å². The first-order valence-corrected chi connectivity index (χ1v) is 11.3. The number of thioether (sulfide) groups is 1. The number of rotatable bonds is 6. The lowest BCUT2D eigenvalue weighted by molar-refractivity contribution is -0.115. The highest BCUT2D eigenvalue weighted by molar-refractivity contribution is 8.00. The Balaban J connectivity index is 1.45. The molecule has 4 aromatic rings. The largest absolute Gasteiger partial charge is 0.301 e. The van der Waals surface area contributed by atoms with Crippen molar-refractivity contribution in [2.45, 2.75) is 31.2 Å². The maximum atomic E-state index is 13.5. The highest BCUT2D eigenvalue weighted by Gasteiger charge is 2.21. The van der Waals surface area contributed by atoms with Crippen molar-refractivity contribution in [3.05, 3.63) is 64.5 Å². The van der Waals surface area contributed by atoms with Crippen molar-refractivity contribution in [3.8, 4) is 16.9 Å². The van der Waals surface area contributed by atoms with Crippen molar-refractivity contribution in [1.29, 1.82) is 0 Å². The fraction of sp³-hybridized carbons (Fsp3) is 0.190. The Hall–Kier alpha value is -3.18. The number of aromatic nitrogens is 5. The molecule has 0 aliphatic rings. The summed E-state index contributed by atoms with van der Waals surface area (Å²) in [4.78, 5) is 17.0. The molecule has 0 radical (unpaired) electrons. The number of thiazole rings is 1. The van der Waals surface area contributed by atoms with Crippen LogP contribution in [-0.2, 0) is 4.79 Å². The van der Waals surface area contributed by atoms with Crippen LogP contribution in [-0.4, -0.2) is 36.3 Å². The van der Waals surface area contributed by atoms with E-state index in [-0.39, 0.29) is 5.91 Å². The van der Waals surface area contributed by atoms with Crippen LogP contribution in [0.2, 0.25) is 0 Å². The number of tetrazole rings is 1. The molecule has 164 valence electrons. The standard InChI is InChI=1S/C21H18F2N6OS2/c1-11-4-7-18(12(2)8-11)29-21(26-27-28-29)32-13(3)19(30)25-20-24-17(10-31-20)14-5-6-15(22)16(23)9-14/h4-10,13H,1-3H3,(H,24,25,30). The van der Waals surface area contributed by atoms with Gasteiger partial charge in [-0.25, -0.2) is 13.8 Å². The quantitative estimate of drug-likeness (QED) is 0.406. The van der Waals surface area contributed by atoms with Gasteiger partial charge in [0.15, 0.2) is 16.8 Å². The lowest BCUT2D eigenvalue weighted by Gasteiger charge is -2.11. The van der Waals surface area contributed by atoms with Gasteiger partial charge in [-0.2, -0.15) is 4.68 Å². The van der Waals surface area contributed by atoms with Gasteiger partial charge in [-0.1, -0.05) is 29.5 Å². The first-order valence-electron chi connectivity index (χ1n) is 9.56. The summed E-state index contributed by atoms with van der Waals surface area (Å²) in [6.07, 6.45) is 0. The van der Waals surface area contributed by atoms with Crippen LogP contribution in [0.25, 0.3) is 16.9 Å². The van der Waals surface area contributed by atoms with Crippen LogP contribution < -0.4 is 5.32 Å². The number of hydrogen-bond acceptors (Lipinski definition) is 7. The molecule has 0 aliphatic heterocycles. The number of amides is 1. The van der Waals surface area contributed by atoms with Crippen molar-refractivity contribution in [2.75, 3.05) is 5.32 Å². The first kappa shape index (κ1) is 22.0. The SMILES string of the molecule is Cc1ccc(-n2nnnc2SC(C)C(=O)Nc2nc(-c3ccc(F)c(F)c3)cs2)c(C)c1. The van der Waals surface area contributed by atoms with E-state index in [1.807, 2.05) is 32.0 Å². The molecule has 7 nitrogen and oxygen atoms in total. The van der Waals surface area contributed by atoms with Crippen LogP contribution >= 0.6 is 23.1 Å². The molecular weight excluding hydrogens is 454 g/mol. The number of anilines is 1. The number of carbonyl (C=O) groups is 1. The topological polar surface area (TPSA) is 85.6 Å². The highest BCUT2D eigenvalue weighted by atomic mass is 32.2. The molecule has 11 heteroatoms. The molecule has 0 bridgehead atoms. The molecule has 2 heterocycles. The van der Waals surface area contributed by atoms with E-state index in [4.69, 9.17) is 0 Å². The van der Waals surface area contributed by atoms with Crippen LogP contribution in [0.15, 0.2) is 46.9 Å². The van der Waals surface area contributed by atoms with E-state index in [0.717, 1.165) is 28.9 Å². The van der Waals surface area contributed by atoms with E-state index in [0.29, 0.717) is 21.5 Å². The van der Waals surface area contributed by atoms with Gasteiger partial charge < -0.3 is 5.32 Å². The monoisotopic (exact) mass is 472 g/mol. The number of hydrogen-bond donors (Lipinski definition) is 1. The lowest BCUT2D eigenvalue weighted by Crippen LogP contribution is -2.22. The maximum absolute atomic E-state index is 13.5. The molecule has 2 aromatic carbocycles. The van der Waals surface area contributed by atoms with Crippen LogP contribution in [0, 0.1) is 25.5 Å². The average molecular weight is 473 g/mol. The Morgan fingerprint density at radius 2 is 1.97 bits per heavy atom. The zero-order chi connectivity index (χ0) is 22.8. The minimum Gasteiger partial charge on any atom is -0.301 e. The molecule has 0 fully saturated rings. The fourth-order valence-electron chi connectivity index (χ4n) is 2.98. The van der Waals surface area contributed by atoms with Crippen LogP contribution in [0.4, 0.5) is 13.9 Å². The normalized spacial score (nSPS) is 12.0. The second-order valence-corrected chi connectivity index (χ2v) is 9.25. The number of carbonyl (C=O) groups excluding carboxylic acids is 1. The van der Waals surface area contributed by atoms with E-state index < -0.39 is 16.9 Å². The van der Waals surface area contributed by atoms with Gasteiger partial charge in [-0.15, -0.1) is 16.4 Å². The van der Waals surface area contributed by atoms with Crippen molar-refractivity contribution in [3.63, 3.8) is 0 Å². The van der Waals surface area contributed by atoms with Gasteiger partial charge in [-0.3, -0.25) is 4.79 Å². The van der Waals surface area contributed by atoms with Gasteiger partial charge >= 0.3 is 0 Å². The Morgan fingerprint density at radius 3 is 2.72 bits per heavy atom. The Bertz CT molecular complexity index is 1290. The van der Waals surface area contributed by atoms with Crippen molar-refractivity contribution < 1.29 is 13.6 Å². The summed E-state index contributed by atoms with van der Waals surface area (Å²) in [5.41, 5.74) is 3.86. The highest BCUT2D eigenvalue weighted by Crippen LogP contribution is 2.28. The second kappa shape index (κ2) is 9.13. The van der Waals surface area contributed by atoms with E-state index in [1.54, 1.807) is 17.0 Å². The number of halogens is 2. The lowest BCUT2D eigenvalue weighted by atomic mass is 10.1. The summed E-state index contributed by atoms with van der Waals surface area (Å²) in [5, 5.41) is 16.6. The number of nitrogens with zero attached hydrogens (tertiary/aromatic N) is 5. The summed E-state index contributed by atoms with van der Waals surface area (Å²) in [7, 11) is 0. The maximum Gasteiger partial charge on any atom is 0.239 e. The molecule has 4 rings (SSSR count). The number of nitrogens with one attached hydrogen (secondary N) is 1. The summed E-state index contributed by atoms with van der Waals surface area (Å²) >= 11 is 2.42. The van der Waals surface area contributed by atoms with Gasteiger partial charge in [-0.05, 0) is 61.0 Å². The van der Waals surface area contributed by atoms with Gasteiger partial charge in [0, 0.05) is 10.9 Å². The molecule has 0 saturated heterocycles. The van der Waals surface area contributed by atoms with Crippen molar-refractivity contribution in [1.82, 2.24) is 25.2 Å². The molecule has 2 aromatic heterocycles. The molecule has 1 amide bonds. The summed E-state index contributed by atoms with van der Waals surface area (Å²) in [6.45, 7) is 5.72. The Morgan fingerprint density at radius 1 is 1.16 bits per heavy atom. The van der Waals surface area contributed by atoms with Crippen LogP contribution in [0.3, 0.4) is 0 Å². The van der Waals surface area contributed by atoms with Gasteiger partial charge in [0.25, 0.3) is 0 Å². The van der Waals surface area contributed by atoms with Crippen LogP contribution in [0.5, 0.6) is 0 Å². The molecular formula is C21H18F2N6OS2. The van der Waals surface area contributed by atoms with Gasteiger partial charge in [0.05, 0.1) is 16.6 Å². The minimum atomic E-state index is -0.951. The second-order valence-electron chi connectivity index (χ2n) is 7.08. The third-order valence-electron chi connectivity index (χ3n) is 4.62. The molecule has 1 unspecified atom stereocenters. The molecule has 0 aliphatic carbocycles. The van der Waals surface area contributed by atoms with Gasteiger partial charge in [0.1, 0.15) is 0 Å². The average Bonchev–Trinajstić information content (AvgIpc) is 3.40. The zero-order valence-electron chi connectivity index (χ0n) is 17.3. The van der Waals surface area contributed by atoms with E-state index in [9.17, 15) is 13.6 Å². The third kappa shape index (κ3) is 4.68. The van der Waals surface area contributed by atoms with Crippen LogP contribution in [0.1, 0.15) is 18.1 Å². The van der Waals surface area contributed by atoms with Gasteiger partial charge in [0.2, 0.25) is 11.1 Å². The molecule has 0 saturated carbocycles. The molecule has 32 heavy (non-hydrogen) atoms. The number of benzene rings is 2. The number of aryl methyl sites for hydroxylation is 2. The predicted octanol–water partition coefficient (Wildman–Crippen LogP) is 4.80. The Labute approximate surface area is 190 Å². The Kier molecular flexibility index (Phi) is 6.28. The van der Waals surface area contributed by atoms with Crippen molar-refractivity contribution >= 4 is 34.1 Å². The fourth-order valence-corrected chi connectivity index (χ4v) is 4.51. The molecule has 0 spiro atoms. The minimum absolute atomic E-state index is 0.281. The molecule has 1 N–H and O–H groups in total. The van der Waals surface area contributed by atoms with E-state index >= 15 is 0 Å². The summed E-state index contributed by atoms with van der Waals surface area (Å²) in [6, 6.07) is 9.49. The molecule has 1 atom stereocenters. The van der Waals surface area contributed by atoms with Crippen molar-refractivity contribution in [2.24, 2.45) is 0 Å². The summed E-state index contributed by atoms with van der Waals surface area (Å²) in [5.74, 6) is -2.16. The zero-order valence-corrected chi connectivity index (χ0v) is 19.0.